The van der Waals surface area contributed by atoms with Crippen molar-refractivity contribution in [3.8, 4) is 0 Å². The van der Waals surface area contributed by atoms with Crippen molar-refractivity contribution >= 4 is 0 Å². The fourth-order valence-corrected chi connectivity index (χ4v) is 0.733. The summed E-state index contributed by atoms with van der Waals surface area (Å²) in [6.07, 6.45) is 3.87. The molecule has 6 nitrogen and oxygen atoms in total. The predicted molar refractivity (Wildman–Crippen MR) is 41.3 cm³/mol. The number of nitrogens with two attached hydrogens (primary N) is 1. The van der Waals surface area contributed by atoms with E-state index in [9.17, 15) is 10.1 Å². The molecule has 0 amide bonds. The van der Waals surface area contributed by atoms with Crippen LogP contribution in [0.25, 0.3) is 0 Å². The van der Waals surface area contributed by atoms with Gasteiger partial charge in [0.2, 0.25) is 5.85 Å². The second kappa shape index (κ2) is 2.92. The summed E-state index contributed by atoms with van der Waals surface area (Å²) in [5.41, 5.74) is 5.49. The van der Waals surface area contributed by atoms with Gasteiger partial charge in [0.15, 0.2) is 0 Å². The van der Waals surface area contributed by atoms with Crippen LogP contribution in [-0.4, -0.2) is 17.9 Å². The normalized spacial score (nSPS) is 27.7. The molecule has 0 aromatic carbocycles. The SMILES string of the molecule is COC1(N)C=CC([N+](=O)[O-])=CN1. The highest BCUT2D eigenvalue weighted by Gasteiger charge is 2.24. The van der Waals surface area contributed by atoms with Gasteiger partial charge in [-0.25, -0.2) is 0 Å². The first-order valence-corrected chi connectivity index (χ1v) is 3.23. The third-order valence-electron chi connectivity index (χ3n) is 1.50. The van der Waals surface area contributed by atoms with Crippen LogP contribution in [0.1, 0.15) is 0 Å². The zero-order valence-electron chi connectivity index (χ0n) is 6.48. The molecule has 0 aliphatic carbocycles. The second-order valence-corrected chi connectivity index (χ2v) is 2.30. The van der Waals surface area contributed by atoms with Gasteiger partial charge in [0.25, 0.3) is 5.70 Å². The second-order valence-electron chi connectivity index (χ2n) is 2.30. The maximum Gasteiger partial charge on any atom is 0.284 e. The molecule has 1 heterocycles. The molecule has 12 heavy (non-hydrogen) atoms. The largest absolute Gasteiger partial charge is 0.343 e. The third-order valence-corrected chi connectivity index (χ3v) is 1.50. The van der Waals surface area contributed by atoms with E-state index < -0.39 is 10.8 Å². The van der Waals surface area contributed by atoms with Gasteiger partial charge in [0.05, 0.1) is 11.1 Å². The van der Waals surface area contributed by atoms with Crippen LogP contribution in [-0.2, 0) is 4.74 Å². The van der Waals surface area contributed by atoms with Crippen LogP contribution >= 0.6 is 0 Å². The number of hydrogen-bond donors (Lipinski definition) is 2. The average molecular weight is 171 g/mol. The summed E-state index contributed by atoms with van der Waals surface area (Å²) < 4.78 is 4.82. The lowest BCUT2D eigenvalue weighted by Gasteiger charge is -2.25. The Hall–Kier alpha value is -1.40. The Morgan fingerprint density at radius 1 is 1.83 bits per heavy atom. The number of ether oxygens (including phenoxy) is 1. The van der Waals surface area contributed by atoms with Gasteiger partial charge in [0, 0.05) is 13.2 Å². The van der Waals surface area contributed by atoms with Crippen molar-refractivity contribution in [2.75, 3.05) is 7.11 Å². The van der Waals surface area contributed by atoms with E-state index in [1.807, 2.05) is 0 Å². The van der Waals surface area contributed by atoms with Gasteiger partial charge in [0.1, 0.15) is 0 Å². The molecule has 6 heteroatoms. The van der Waals surface area contributed by atoms with E-state index in [1.165, 1.54) is 25.5 Å². The molecule has 1 rings (SSSR count). The molecule has 0 fully saturated rings. The topological polar surface area (TPSA) is 90.4 Å². The van der Waals surface area contributed by atoms with E-state index in [4.69, 9.17) is 10.5 Å². The molecule has 0 spiro atoms. The average Bonchev–Trinajstić information content (AvgIpc) is 2.05. The zero-order chi connectivity index (χ0) is 9.19. The molecule has 1 atom stereocenters. The van der Waals surface area contributed by atoms with E-state index in [1.54, 1.807) is 0 Å². The lowest BCUT2D eigenvalue weighted by atomic mass is 10.2. The maximum atomic E-state index is 10.2. The third kappa shape index (κ3) is 1.60. The van der Waals surface area contributed by atoms with Crippen LogP contribution in [0.3, 0.4) is 0 Å². The van der Waals surface area contributed by atoms with E-state index in [-0.39, 0.29) is 5.70 Å². The number of nitro groups is 1. The van der Waals surface area contributed by atoms with Gasteiger partial charge >= 0.3 is 0 Å². The van der Waals surface area contributed by atoms with E-state index in [2.05, 4.69) is 5.32 Å². The summed E-state index contributed by atoms with van der Waals surface area (Å²) >= 11 is 0. The Kier molecular flexibility index (Phi) is 2.11. The number of rotatable bonds is 2. The number of allylic oxidation sites excluding steroid dienone is 1. The molecule has 66 valence electrons. The summed E-state index contributed by atoms with van der Waals surface area (Å²) in [6, 6.07) is 0. The summed E-state index contributed by atoms with van der Waals surface area (Å²) in [5, 5.41) is 12.8. The van der Waals surface area contributed by atoms with E-state index >= 15 is 0 Å². The van der Waals surface area contributed by atoms with Crippen LogP contribution in [0.2, 0.25) is 0 Å². The van der Waals surface area contributed by atoms with E-state index in [0.29, 0.717) is 0 Å². The van der Waals surface area contributed by atoms with Crippen molar-refractivity contribution in [2.24, 2.45) is 5.73 Å². The molecular weight excluding hydrogens is 162 g/mol. The molecule has 1 aliphatic rings. The Balaban J connectivity index is 2.74. The summed E-state index contributed by atoms with van der Waals surface area (Å²) in [7, 11) is 1.41. The molecule has 0 aromatic heterocycles. The van der Waals surface area contributed by atoms with Crippen molar-refractivity contribution in [1.82, 2.24) is 5.32 Å². The fourth-order valence-electron chi connectivity index (χ4n) is 0.733. The Morgan fingerprint density at radius 3 is 2.83 bits per heavy atom. The highest BCUT2D eigenvalue weighted by Crippen LogP contribution is 2.09. The number of dihydropyridines is 1. The van der Waals surface area contributed by atoms with Crippen LogP contribution in [0.15, 0.2) is 24.0 Å². The van der Waals surface area contributed by atoms with Crippen molar-refractivity contribution in [3.05, 3.63) is 34.2 Å². The standard InChI is InChI=1S/C6H9N3O3/c1-12-6(7)3-2-5(4-8-6)9(10)11/h2-4,8H,7H2,1H3. The number of hydrogen-bond acceptors (Lipinski definition) is 5. The Bertz CT molecular complexity index is 261. The van der Waals surface area contributed by atoms with Crippen molar-refractivity contribution < 1.29 is 9.66 Å². The highest BCUT2D eigenvalue weighted by molar-refractivity contribution is 5.19. The molecule has 0 radical (unpaired) electrons. The zero-order valence-corrected chi connectivity index (χ0v) is 6.48. The van der Waals surface area contributed by atoms with Crippen LogP contribution < -0.4 is 11.1 Å². The van der Waals surface area contributed by atoms with Crippen LogP contribution in [0, 0.1) is 10.1 Å². The number of nitrogens with one attached hydrogen (secondary N) is 1. The van der Waals surface area contributed by atoms with Gasteiger partial charge in [-0.3, -0.25) is 15.8 Å². The number of methoxy groups -OCH3 is 1. The van der Waals surface area contributed by atoms with Crippen LogP contribution in [0.5, 0.6) is 0 Å². The first kappa shape index (κ1) is 8.69. The van der Waals surface area contributed by atoms with Gasteiger partial charge in [-0.2, -0.15) is 0 Å². The first-order chi connectivity index (χ1) is 5.57. The fraction of sp³-hybridized carbons (Fsp3) is 0.333. The lowest BCUT2D eigenvalue weighted by Crippen LogP contribution is -2.52. The van der Waals surface area contributed by atoms with Crippen molar-refractivity contribution in [1.29, 1.82) is 0 Å². The summed E-state index contributed by atoms with van der Waals surface area (Å²) in [5.74, 6) is -1.13. The monoisotopic (exact) mass is 171 g/mol. The van der Waals surface area contributed by atoms with E-state index in [0.717, 1.165) is 0 Å². The Morgan fingerprint density at radius 2 is 2.50 bits per heavy atom. The first-order valence-electron chi connectivity index (χ1n) is 3.23. The van der Waals surface area contributed by atoms with Gasteiger partial charge < -0.3 is 10.1 Å². The smallest absolute Gasteiger partial charge is 0.284 e. The molecule has 1 aliphatic heterocycles. The minimum atomic E-state index is -1.13. The highest BCUT2D eigenvalue weighted by atomic mass is 16.6. The van der Waals surface area contributed by atoms with Gasteiger partial charge in [-0.15, -0.1) is 0 Å². The van der Waals surface area contributed by atoms with Gasteiger partial charge in [-0.05, 0) is 6.08 Å². The molecule has 0 saturated heterocycles. The van der Waals surface area contributed by atoms with Crippen LogP contribution in [0.4, 0.5) is 0 Å². The predicted octanol–water partition coefficient (Wildman–Crippen LogP) is -0.477. The molecule has 1 unspecified atom stereocenters. The molecule has 0 saturated carbocycles. The van der Waals surface area contributed by atoms with Crippen molar-refractivity contribution in [2.45, 2.75) is 5.85 Å². The Labute approximate surface area is 68.8 Å². The summed E-state index contributed by atoms with van der Waals surface area (Å²) in [4.78, 5) is 9.70. The maximum absolute atomic E-state index is 10.2. The molecule has 3 N–H and O–H groups in total. The lowest BCUT2D eigenvalue weighted by molar-refractivity contribution is -0.420. The minimum Gasteiger partial charge on any atom is -0.343 e. The molecule has 0 aromatic rings. The summed E-state index contributed by atoms with van der Waals surface area (Å²) in [6.45, 7) is 0. The molecular formula is C6H9N3O3. The van der Waals surface area contributed by atoms with Crippen molar-refractivity contribution in [3.63, 3.8) is 0 Å². The molecule has 0 bridgehead atoms. The quantitative estimate of drug-likeness (QED) is 0.333. The van der Waals surface area contributed by atoms with Gasteiger partial charge in [-0.1, -0.05) is 0 Å². The minimum absolute atomic E-state index is 0.0480. The number of nitrogens with zero attached hydrogens (tertiary/aromatic N) is 1.